The highest BCUT2D eigenvalue weighted by Gasteiger charge is 2.32. The summed E-state index contributed by atoms with van der Waals surface area (Å²) in [5.41, 5.74) is -0.526. The molecular weight excluding hydrogens is 246 g/mol. The van der Waals surface area contributed by atoms with Crippen LogP contribution in [0.3, 0.4) is 0 Å². The molecule has 0 aromatic carbocycles. The molecule has 0 aromatic rings. The zero-order chi connectivity index (χ0) is 14.6. The van der Waals surface area contributed by atoms with Crippen LogP contribution in [0.1, 0.15) is 41.0 Å². The normalized spacial score (nSPS) is 20.5. The number of Topliss-reactive ketones (excluding diaryl/α,β-unsaturated/α-hetero) is 1. The topological polar surface area (TPSA) is 55.8 Å². The van der Waals surface area contributed by atoms with Gasteiger partial charge in [0, 0.05) is 18.9 Å². The van der Waals surface area contributed by atoms with Crippen LogP contribution in [0.4, 0.5) is 4.79 Å². The third kappa shape index (κ3) is 5.19. The van der Waals surface area contributed by atoms with Crippen molar-refractivity contribution < 1.29 is 19.1 Å². The third-order valence-corrected chi connectivity index (χ3v) is 2.94. The number of morpholine rings is 1. The molecule has 0 saturated carbocycles. The molecule has 1 saturated heterocycles. The van der Waals surface area contributed by atoms with E-state index in [2.05, 4.69) is 0 Å². The first kappa shape index (κ1) is 16.0. The largest absolute Gasteiger partial charge is 0.444 e. The van der Waals surface area contributed by atoms with Crippen molar-refractivity contribution in [2.45, 2.75) is 52.7 Å². The van der Waals surface area contributed by atoms with Gasteiger partial charge in [0.2, 0.25) is 0 Å². The minimum atomic E-state index is -0.526. The molecule has 0 aromatic heterocycles. The lowest BCUT2D eigenvalue weighted by Crippen LogP contribution is -2.51. The van der Waals surface area contributed by atoms with Crippen LogP contribution in [0.5, 0.6) is 0 Å². The van der Waals surface area contributed by atoms with Gasteiger partial charge in [-0.25, -0.2) is 4.79 Å². The summed E-state index contributed by atoms with van der Waals surface area (Å²) in [6, 6.07) is -0.210. The maximum Gasteiger partial charge on any atom is 0.410 e. The van der Waals surface area contributed by atoms with E-state index in [0.717, 1.165) is 0 Å². The first-order valence-electron chi connectivity index (χ1n) is 6.81. The van der Waals surface area contributed by atoms with E-state index in [9.17, 15) is 9.59 Å². The van der Waals surface area contributed by atoms with Gasteiger partial charge in [0.1, 0.15) is 11.4 Å². The standard InChI is InChI=1S/C14H25NO4/c1-10(2)12(16)8-11-9-18-7-6-15(11)13(17)19-14(3,4)5/h10-11H,6-9H2,1-5H3. The van der Waals surface area contributed by atoms with E-state index >= 15 is 0 Å². The van der Waals surface area contributed by atoms with E-state index in [0.29, 0.717) is 26.2 Å². The highest BCUT2D eigenvalue weighted by molar-refractivity contribution is 5.81. The van der Waals surface area contributed by atoms with Gasteiger partial charge in [-0.2, -0.15) is 0 Å². The third-order valence-electron chi connectivity index (χ3n) is 2.94. The molecule has 0 spiro atoms. The van der Waals surface area contributed by atoms with Crippen molar-refractivity contribution in [3.63, 3.8) is 0 Å². The molecule has 1 unspecified atom stereocenters. The molecule has 1 rings (SSSR count). The Morgan fingerprint density at radius 2 is 2.00 bits per heavy atom. The minimum Gasteiger partial charge on any atom is -0.444 e. The molecule has 1 fully saturated rings. The van der Waals surface area contributed by atoms with Crippen LogP contribution in [0, 0.1) is 5.92 Å². The summed E-state index contributed by atoms with van der Waals surface area (Å²) in [5, 5.41) is 0. The van der Waals surface area contributed by atoms with E-state index in [-0.39, 0.29) is 23.8 Å². The molecule has 5 nitrogen and oxygen atoms in total. The maximum atomic E-state index is 12.1. The first-order chi connectivity index (χ1) is 8.70. The zero-order valence-electron chi connectivity index (χ0n) is 12.6. The van der Waals surface area contributed by atoms with Gasteiger partial charge in [0.25, 0.3) is 0 Å². The smallest absolute Gasteiger partial charge is 0.410 e. The van der Waals surface area contributed by atoms with Crippen molar-refractivity contribution in [3.05, 3.63) is 0 Å². The highest BCUT2D eigenvalue weighted by atomic mass is 16.6. The summed E-state index contributed by atoms with van der Waals surface area (Å²) in [7, 11) is 0. The van der Waals surface area contributed by atoms with Gasteiger partial charge in [0.15, 0.2) is 0 Å². The fourth-order valence-electron chi connectivity index (χ4n) is 1.85. The van der Waals surface area contributed by atoms with Crippen LogP contribution in [0.25, 0.3) is 0 Å². The fourth-order valence-corrected chi connectivity index (χ4v) is 1.85. The lowest BCUT2D eigenvalue weighted by molar-refractivity contribution is -0.124. The van der Waals surface area contributed by atoms with Gasteiger partial charge in [-0.05, 0) is 20.8 Å². The van der Waals surface area contributed by atoms with Crippen molar-refractivity contribution in [2.75, 3.05) is 19.8 Å². The molecule has 1 atom stereocenters. The van der Waals surface area contributed by atoms with E-state index in [1.165, 1.54) is 0 Å². The molecule has 19 heavy (non-hydrogen) atoms. The van der Waals surface area contributed by atoms with Crippen molar-refractivity contribution >= 4 is 11.9 Å². The number of carbonyl (C=O) groups excluding carboxylic acids is 2. The summed E-state index contributed by atoms with van der Waals surface area (Å²) in [4.78, 5) is 25.6. The Morgan fingerprint density at radius 1 is 1.37 bits per heavy atom. The van der Waals surface area contributed by atoms with Crippen LogP contribution < -0.4 is 0 Å². The van der Waals surface area contributed by atoms with Crippen molar-refractivity contribution in [2.24, 2.45) is 5.92 Å². The Hall–Kier alpha value is -1.10. The number of ether oxygens (including phenoxy) is 2. The molecule has 1 amide bonds. The van der Waals surface area contributed by atoms with Crippen LogP contribution in [-0.2, 0) is 14.3 Å². The summed E-state index contributed by atoms with van der Waals surface area (Å²) in [6.45, 7) is 10.6. The van der Waals surface area contributed by atoms with Crippen molar-refractivity contribution in [1.82, 2.24) is 4.90 Å². The average Bonchev–Trinajstić information content (AvgIpc) is 2.27. The maximum absolute atomic E-state index is 12.1. The monoisotopic (exact) mass is 271 g/mol. The summed E-state index contributed by atoms with van der Waals surface area (Å²) in [5.74, 6) is 0.117. The summed E-state index contributed by atoms with van der Waals surface area (Å²) < 4.78 is 10.7. The number of hydrogen-bond donors (Lipinski definition) is 0. The molecule has 110 valence electrons. The zero-order valence-corrected chi connectivity index (χ0v) is 12.6. The Labute approximate surface area is 115 Å². The lowest BCUT2D eigenvalue weighted by atomic mass is 10.0. The van der Waals surface area contributed by atoms with Gasteiger partial charge in [-0.3, -0.25) is 4.79 Å². The number of amides is 1. The van der Waals surface area contributed by atoms with Gasteiger partial charge >= 0.3 is 6.09 Å². The molecule has 1 aliphatic heterocycles. The predicted octanol–water partition coefficient (Wildman–Crippen LogP) is 2.24. The SMILES string of the molecule is CC(C)C(=O)CC1COCCN1C(=O)OC(C)(C)C. The summed E-state index contributed by atoms with van der Waals surface area (Å²) in [6.07, 6.45) is -0.0333. The predicted molar refractivity (Wildman–Crippen MR) is 72.0 cm³/mol. The minimum absolute atomic E-state index is 0.0255. The Bertz CT molecular complexity index is 333. The number of ketones is 1. The Balaban J connectivity index is 2.67. The first-order valence-corrected chi connectivity index (χ1v) is 6.81. The molecule has 0 radical (unpaired) electrons. The van der Waals surface area contributed by atoms with Gasteiger partial charge < -0.3 is 14.4 Å². The summed E-state index contributed by atoms with van der Waals surface area (Å²) >= 11 is 0. The van der Waals surface area contributed by atoms with Gasteiger partial charge in [-0.15, -0.1) is 0 Å². The van der Waals surface area contributed by atoms with E-state index < -0.39 is 5.60 Å². The lowest BCUT2D eigenvalue weighted by Gasteiger charge is -2.36. The number of carbonyl (C=O) groups is 2. The molecular formula is C14H25NO4. The molecule has 0 N–H and O–H groups in total. The van der Waals surface area contributed by atoms with E-state index in [1.807, 2.05) is 34.6 Å². The van der Waals surface area contributed by atoms with Gasteiger partial charge in [0.05, 0.1) is 19.3 Å². The van der Waals surface area contributed by atoms with Crippen molar-refractivity contribution in [3.8, 4) is 0 Å². The quantitative estimate of drug-likeness (QED) is 0.790. The molecule has 1 heterocycles. The van der Waals surface area contributed by atoms with E-state index in [4.69, 9.17) is 9.47 Å². The van der Waals surface area contributed by atoms with Crippen LogP contribution >= 0.6 is 0 Å². The highest BCUT2D eigenvalue weighted by Crippen LogP contribution is 2.17. The number of nitrogens with zero attached hydrogens (tertiary/aromatic N) is 1. The Morgan fingerprint density at radius 3 is 2.53 bits per heavy atom. The second-order valence-corrected chi connectivity index (χ2v) is 6.23. The second kappa shape index (κ2) is 6.37. The fraction of sp³-hybridized carbons (Fsp3) is 0.857. The molecule has 5 heteroatoms. The van der Waals surface area contributed by atoms with Crippen LogP contribution in [0.2, 0.25) is 0 Å². The second-order valence-electron chi connectivity index (χ2n) is 6.23. The molecule has 1 aliphatic rings. The van der Waals surface area contributed by atoms with Crippen molar-refractivity contribution in [1.29, 1.82) is 0 Å². The van der Waals surface area contributed by atoms with Gasteiger partial charge in [-0.1, -0.05) is 13.8 Å². The number of rotatable bonds is 3. The average molecular weight is 271 g/mol. The number of hydrogen-bond acceptors (Lipinski definition) is 4. The Kier molecular flexibility index (Phi) is 5.35. The van der Waals surface area contributed by atoms with Crippen LogP contribution in [0.15, 0.2) is 0 Å². The molecule has 0 aliphatic carbocycles. The van der Waals surface area contributed by atoms with Crippen LogP contribution in [-0.4, -0.2) is 48.2 Å². The van der Waals surface area contributed by atoms with E-state index in [1.54, 1.807) is 4.90 Å². The molecule has 0 bridgehead atoms.